The van der Waals surface area contributed by atoms with E-state index >= 15 is 0 Å². The van der Waals surface area contributed by atoms with Gasteiger partial charge >= 0.3 is 0 Å². The van der Waals surface area contributed by atoms with Crippen LogP contribution in [0.1, 0.15) is 31.3 Å². The highest BCUT2D eigenvalue weighted by Gasteiger charge is 2.07. The molecule has 0 aliphatic heterocycles. The highest BCUT2D eigenvalue weighted by atomic mass is 79.9. The van der Waals surface area contributed by atoms with Crippen molar-refractivity contribution in [1.82, 2.24) is 15.3 Å². The van der Waals surface area contributed by atoms with E-state index in [-0.39, 0.29) is 0 Å². The molecule has 1 rings (SSSR count). The summed E-state index contributed by atoms with van der Waals surface area (Å²) in [4.78, 5) is 8.78. The topological polar surface area (TPSA) is 37.8 Å². The second kappa shape index (κ2) is 5.41. The fourth-order valence-electron chi connectivity index (χ4n) is 1.11. The molecular formula is C10H16BrN3. The summed E-state index contributed by atoms with van der Waals surface area (Å²) in [5, 5.41) is 3.11. The maximum Gasteiger partial charge on any atom is 0.131 e. The van der Waals surface area contributed by atoms with Gasteiger partial charge in [-0.15, -0.1) is 0 Å². The number of likely N-dealkylation sites (N-methyl/N-ethyl adjacent to an activating group) is 1. The zero-order chi connectivity index (χ0) is 10.6. The molecule has 0 atom stereocenters. The van der Waals surface area contributed by atoms with Crippen molar-refractivity contribution >= 4 is 15.9 Å². The number of rotatable bonds is 4. The van der Waals surface area contributed by atoms with E-state index < -0.39 is 0 Å². The third-order valence-electron chi connectivity index (χ3n) is 1.96. The van der Waals surface area contributed by atoms with Crippen LogP contribution in [-0.4, -0.2) is 23.6 Å². The van der Waals surface area contributed by atoms with Crippen molar-refractivity contribution in [3.63, 3.8) is 0 Å². The second-order valence-corrected chi connectivity index (χ2v) is 4.39. The third-order valence-corrected chi connectivity index (χ3v) is 2.63. The van der Waals surface area contributed by atoms with E-state index in [2.05, 4.69) is 45.1 Å². The summed E-state index contributed by atoms with van der Waals surface area (Å²) >= 11 is 3.46. The zero-order valence-corrected chi connectivity index (χ0v) is 10.4. The molecule has 0 unspecified atom stereocenters. The third kappa shape index (κ3) is 3.03. The van der Waals surface area contributed by atoms with Crippen LogP contribution in [0.2, 0.25) is 0 Å². The van der Waals surface area contributed by atoms with Gasteiger partial charge in [-0.1, -0.05) is 13.8 Å². The van der Waals surface area contributed by atoms with Gasteiger partial charge in [-0.25, -0.2) is 9.97 Å². The molecule has 1 aromatic rings. The molecule has 78 valence electrons. The van der Waals surface area contributed by atoms with E-state index in [1.165, 1.54) is 0 Å². The van der Waals surface area contributed by atoms with Gasteiger partial charge in [-0.05, 0) is 23.0 Å². The molecule has 1 aromatic heterocycles. The summed E-state index contributed by atoms with van der Waals surface area (Å²) < 4.78 is 0.997. The van der Waals surface area contributed by atoms with E-state index in [4.69, 9.17) is 0 Å². The van der Waals surface area contributed by atoms with Crippen molar-refractivity contribution in [1.29, 1.82) is 0 Å². The SMILES string of the molecule is CNCCc1nc(C(C)C)ncc1Br. The Hall–Kier alpha value is -0.480. The molecule has 0 aliphatic carbocycles. The Morgan fingerprint density at radius 1 is 1.50 bits per heavy atom. The molecule has 3 nitrogen and oxygen atoms in total. The van der Waals surface area contributed by atoms with Gasteiger partial charge in [0, 0.05) is 25.1 Å². The molecule has 0 radical (unpaired) electrons. The van der Waals surface area contributed by atoms with E-state index in [1.807, 2.05) is 13.2 Å². The Labute approximate surface area is 93.5 Å². The lowest BCUT2D eigenvalue weighted by Gasteiger charge is -2.07. The van der Waals surface area contributed by atoms with Crippen molar-refractivity contribution < 1.29 is 0 Å². The average molecular weight is 258 g/mol. The van der Waals surface area contributed by atoms with Crippen LogP contribution in [0.4, 0.5) is 0 Å². The Balaban J connectivity index is 2.85. The highest BCUT2D eigenvalue weighted by molar-refractivity contribution is 9.10. The quantitative estimate of drug-likeness (QED) is 0.898. The number of nitrogens with zero attached hydrogens (tertiary/aromatic N) is 2. The Morgan fingerprint density at radius 2 is 2.21 bits per heavy atom. The molecule has 0 aromatic carbocycles. The minimum absolute atomic E-state index is 0.386. The van der Waals surface area contributed by atoms with Crippen LogP contribution in [0.3, 0.4) is 0 Å². The number of aromatic nitrogens is 2. The van der Waals surface area contributed by atoms with Crippen molar-refractivity contribution in [2.45, 2.75) is 26.2 Å². The molecule has 14 heavy (non-hydrogen) atoms. The molecule has 0 aliphatic rings. The summed E-state index contributed by atoms with van der Waals surface area (Å²) in [6.07, 6.45) is 2.77. The Kier molecular flexibility index (Phi) is 4.48. The largest absolute Gasteiger partial charge is 0.319 e. The zero-order valence-electron chi connectivity index (χ0n) is 8.84. The lowest BCUT2D eigenvalue weighted by molar-refractivity contribution is 0.726. The lowest BCUT2D eigenvalue weighted by atomic mass is 10.2. The number of halogens is 1. The van der Waals surface area contributed by atoms with Crippen molar-refractivity contribution in [2.24, 2.45) is 0 Å². The van der Waals surface area contributed by atoms with Gasteiger partial charge in [-0.2, -0.15) is 0 Å². The number of hydrogen-bond acceptors (Lipinski definition) is 3. The summed E-state index contributed by atoms with van der Waals surface area (Å²) in [5.74, 6) is 1.30. The van der Waals surface area contributed by atoms with Crippen LogP contribution in [-0.2, 0) is 6.42 Å². The van der Waals surface area contributed by atoms with Crippen molar-refractivity contribution in [3.8, 4) is 0 Å². The van der Waals surface area contributed by atoms with Gasteiger partial charge < -0.3 is 5.32 Å². The summed E-state index contributed by atoms with van der Waals surface area (Å²) in [6.45, 7) is 5.14. The van der Waals surface area contributed by atoms with Gasteiger partial charge in [0.1, 0.15) is 5.82 Å². The summed E-state index contributed by atoms with van der Waals surface area (Å²) in [5.41, 5.74) is 1.08. The fourth-order valence-corrected chi connectivity index (χ4v) is 1.50. The van der Waals surface area contributed by atoms with E-state index in [1.54, 1.807) is 0 Å². The maximum absolute atomic E-state index is 4.51. The van der Waals surface area contributed by atoms with Gasteiger partial charge in [0.15, 0.2) is 0 Å². The maximum atomic E-state index is 4.51. The standard InChI is InChI=1S/C10H16BrN3/c1-7(2)10-13-6-8(11)9(14-10)4-5-12-3/h6-7,12H,4-5H2,1-3H3. The fraction of sp³-hybridized carbons (Fsp3) is 0.600. The minimum Gasteiger partial charge on any atom is -0.319 e. The normalized spacial score (nSPS) is 10.9. The monoisotopic (exact) mass is 257 g/mol. The number of hydrogen-bond donors (Lipinski definition) is 1. The predicted octanol–water partition coefficient (Wildman–Crippen LogP) is 2.12. The van der Waals surface area contributed by atoms with Crippen LogP contribution < -0.4 is 5.32 Å². The van der Waals surface area contributed by atoms with Gasteiger partial charge in [0.25, 0.3) is 0 Å². The molecule has 0 bridgehead atoms. The van der Waals surface area contributed by atoms with Crippen LogP contribution in [0.15, 0.2) is 10.7 Å². The molecule has 0 spiro atoms. The van der Waals surface area contributed by atoms with Crippen LogP contribution >= 0.6 is 15.9 Å². The second-order valence-electron chi connectivity index (χ2n) is 3.53. The molecule has 0 saturated carbocycles. The molecular weight excluding hydrogens is 242 g/mol. The van der Waals surface area contributed by atoms with Crippen LogP contribution in [0.5, 0.6) is 0 Å². The molecule has 4 heteroatoms. The van der Waals surface area contributed by atoms with Gasteiger partial charge in [-0.3, -0.25) is 0 Å². The predicted molar refractivity (Wildman–Crippen MR) is 61.5 cm³/mol. The van der Waals surface area contributed by atoms with Crippen molar-refractivity contribution in [2.75, 3.05) is 13.6 Å². The van der Waals surface area contributed by atoms with Gasteiger partial charge in [0.05, 0.1) is 10.2 Å². The van der Waals surface area contributed by atoms with Crippen LogP contribution in [0, 0.1) is 0 Å². The summed E-state index contributed by atoms with van der Waals surface area (Å²) in [6, 6.07) is 0. The van der Waals surface area contributed by atoms with Crippen molar-refractivity contribution in [3.05, 3.63) is 22.2 Å². The smallest absolute Gasteiger partial charge is 0.131 e. The Bertz CT molecular complexity index is 299. The van der Waals surface area contributed by atoms with Gasteiger partial charge in [0.2, 0.25) is 0 Å². The molecule has 1 heterocycles. The highest BCUT2D eigenvalue weighted by Crippen LogP contribution is 2.16. The first kappa shape index (κ1) is 11.6. The van der Waals surface area contributed by atoms with E-state index in [0.717, 1.165) is 29.0 Å². The minimum atomic E-state index is 0.386. The average Bonchev–Trinajstić information content (AvgIpc) is 2.16. The lowest BCUT2D eigenvalue weighted by Crippen LogP contribution is -2.12. The molecule has 1 N–H and O–H groups in total. The molecule has 0 amide bonds. The first-order chi connectivity index (χ1) is 6.65. The first-order valence-corrected chi connectivity index (χ1v) is 5.60. The number of nitrogens with one attached hydrogen (secondary N) is 1. The molecule has 0 saturated heterocycles. The summed E-state index contributed by atoms with van der Waals surface area (Å²) in [7, 11) is 1.94. The Morgan fingerprint density at radius 3 is 2.79 bits per heavy atom. The first-order valence-electron chi connectivity index (χ1n) is 4.81. The van der Waals surface area contributed by atoms with E-state index in [0.29, 0.717) is 5.92 Å². The van der Waals surface area contributed by atoms with Crippen LogP contribution in [0.25, 0.3) is 0 Å². The van der Waals surface area contributed by atoms with E-state index in [9.17, 15) is 0 Å². The molecule has 0 fully saturated rings.